The summed E-state index contributed by atoms with van der Waals surface area (Å²) in [6.45, 7) is 0. The lowest BCUT2D eigenvalue weighted by molar-refractivity contribution is -0.137. The van der Waals surface area contributed by atoms with Gasteiger partial charge in [-0.05, 0) is 36.4 Å². The quantitative estimate of drug-likeness (QED) is 0.463. The number of anilines is 1. The van der Waals surface area contributed by atoms with Gasteiger partial charge in [-0.3, -0.25) is 5.43 Å². The van der Waals surface area contributed by atoms with Crippen molar-refractivity contribution in [3.05, 3.63) is 64.3 Å². The molecule has 0 aliphatic heterocycles. The third-order valence-electron chi connectivity index (χ3n) is 3.26. The number of nitrogens with one attached hydrogen (secondary N) is 2. The number of aromatic amines is 1. The van der Waals surface area contributed by atoms with Gasteiger partial charge in [0.1, 0.15) is 0 Å². The van der Waals surface area contributed by atoms with Crippen LogP contribution in [0.1, 0.15) is 11.1 Å². The number of alkyl halides is 3. The third-order valence-corrected chi connectivity index (χ3v) is 3.76. The SMILES string of the molecule is FC(F)(F)c1cccc(NN=Cc2c[nH]c3ccc(Br)cc23)c1. The Labute approximate surface area is 138 Å². The molecule has 0 fully saturated rings. The molecule has 7 heteroatoms. The van der Waals surface area contributed by atoms with E-state index in [1.807, 2.05) is 18.2 Å². The van der Waals surface area contributed by atoms with Crippen molar-refractivity contribution in [1.82, 2.24) is 4.98 Å². The number of benzene rings is 2. The fraction of sp³-hybridized carbons (Fsp3) is 0.0625. The zero-order chi connectivity index (χ0) is 16.4. The Morgan fingerprint density at radius 2 is 1.96 bits per heavy atom. The van der Waals surface area contributed by atoms with Crippen LogP contribution in [-0.2, 0) is 6.18 Å². The molecule has 0 atom stereocenters. The number of rotatable bonds is 3. The minimum Gasteiger partial charge on any atom is -0.361 e. The molecule has 2 N–H and O–H groups in total. The highest BCUT2D eigenvalue weighted by molar-refractivity contribution is 9.10. The van der Waals surface area contributed by atoms with Crippen LogP contribution in [0.25, 0.3) is 10.9 Å². The van der Waals surface area contributed by atoms with E-state index in [0.29, 0.717) is 0 Å². The van der Waals surface area contributed by atoms with Crippen molar-refractivity contribution < 1.29 is 13.2 Å². The second kappa shape index (κ2) is 6.08. The summed E-state index contributed by atoms with van der Waals surface area (Å²) >= 11 is 3.40. The second-order valence-electron chi connectivity index (χ2n) is 4.88. The molecule has 2 aromatic carbocycles. The van der Waals surface area contributed by atoms with Crippen LogP contribution in [0.15, 0.2) is 58.2 Å². The van der Waals surface area contributed by atoms with E-state index in [4.69, 9.17) is 0 Å². The van der Waals surface area contributed by atoms with Crippen molar-refractivity contribution in [2.75, 3.05) is 5.43 Å². The van der Waals surface area contributed by atoms with Crippen LogP contribution >= 0.6 is 15.9 Å². The molecule has 0 aliphatic rings. The fourth-order valence-corrected chi connectivity index (χ4v) is 2.52. The van der Waals surface area contributed by atoms with E-state index in [0.717, 1.165) is 33.1 Å². The molecule has 23 heavy (non-hydrogen) atoms. The van der Waals surface area contributed by atoms with Gasteiger partial charge in [-0.2, -0.15) is 18.3 Å². The van der Waals surface area contributed by atoms with Gasteiger partial charge < -0.3 is 4.98 Å². The first kappa shape index (κ1) is 15.6. The van der Waals surface area contributed by atoms with E-state index in [1.165, 1.54) is 12.1 Å². The van der Waals surface area contributed by atoms with Crippen molar-refractivity contribution >= 4 is 38.7 Å². The smallest absolute Gasteiger partial charge is 0.361 e. The monoisotopic (exact) mass is 381 g/mol. The summed E-state index contributed by atoms with van der Waals surface area (Å²) in [7, 11) is 0. The van der Waals surface area contributed by atoms with E-state index >= 15 is 0 Å². The highest BCUT2D eigenvalue weighted by Crippen LogP contribution is 2.30. The molecule has 1 aromatic heterocycles. The Morgan fingerprint density at radius 3 is 2.74 bits per heavy atom. The molecule has 118 valence electrons. The number of aromatic nitrogens is 1. The van der Waals surface area contributed by atoms with Crippen molar-refractivity contribution in [3.8, 4) is 0 Å². The predicted molar refractivity (Wildman–Crippen MR) is 88.7 cm³/mol. The maximum Gasteiger partial charge on any atom is 0.416 e. The van der Waals surface area contributed by atoms with Crippen LogP contribution in [0.4, 0.5) is 18.9 Å². The highest BCUT2D eigenvalue weighted by atomic mass is 79.9. The van der Waals surface area contributed by atoms with Crippen LogP contribution in [0.2, 0.25) is 0 Å². The summed E-state index contributed by atoms with van der Waals surface area (Å²) < 4.78 is 38.9. The normalized spacial score (nSPS) is 12.2. The Morgan fingerprint density at radius 1 is 1.13 bits per heavy atom. The molecule has 3 rings (SSSR count). The molecule has 1 heterocycles. The molecule has 0 radical (unpaired) electrons. The summed E-state index contributed by atoms with van der Waals surface area (Å²) in [5.74, 6) is 0. The Balaban J connectivity index is 1.80. The standard InChI is InChI=1S/C16H11BrF3N3/c17-12-4-5-15-14(7-12)10(8-21-15)9-22-23-13-3-1-2-11(6-13)16(18,19)20/h1-9,21,23H. The minimum absolute atomic E-state index is 0.275. The number of hydrogen-bond acceptors (Lipinski definition) is 2. The van der Waals surface area contributed by atoms with Gasteiger partial charge in [0.25, 0.3) is 0 Å². The van der Waals surface area contributed by atoms with Crippen molar-refractivity contribution in [3.63, 3.8) is 0 Å². The maximum absolute atomic E-state index is 12.7. The fourth-order valence-electron chi connectivity index (χ4n) is 2.16. The van der Waals surface area contributed by atoms with Gasteiger partial charge in [-0.1, -0.05) is 22.0 Å². The Kier molecular flexibility index (Phi) is 4.12. The molecule has 0 saturated carbocycles. The molecule has 0 saturated heterocycles. The van der Waals surface area contributed by atoms with Gasteiger partial charge in [0.2, 0.25) is 0 Å². The number of halogens is 4. The molecule has 3 aromatic rings. The topological polar surface area (TPSA) is 40.2 Å². The van der Waals surface area contributed by atoms with Crippen molar-refractivity contribution in [2.24, 2.45) is 5.10 Å². The number of hydrazone groups is 1. The zero-order valence-electron chi connectivity index (χ0n) is 11.7. The molecule has 0 bridgehead atoms. The molecule has 3 nitrogen and oxygen atoms in total. The first-order valence-electron chi connectivity index (χ1n) is 6.66. The Hall–Kier alpha value is -2.28. The van der Waals surface area contributed by atoms with E-state index < -0.39 is 11.7 Å². The predicted octanol–water partition coefficient (Wildman–Crippen LogP) is 5.40. The third kappa shape index (κ3) is 3.56. The summed E-state index contributed by atoms with van der Waals surface area (Å²) in [5.41, 5.74) is 3.97. The van der Waals surface area contributed by atoms with Gasteiger partial charge >= 0.3 is 6.18 Å². The summed E-state index contributed by atoms with van der Waals surface area (Å²) in [5, 5.41) is 4.98. The number of fused-ring (bicyclic) bond motifs is 1. The lowest BCUT2D eigenvalue weighted by Gasteiger charge is -2.07. The van der Waals surface area contributed by atoms with E-state index in [9.17, 15) is 13.2 Å². The van der Waals surface area contributed by atoms with Gasteiger partial charge in [0.15, 0.2) is 0 Å². The Bertz CT molecular complexity index is 868. The first-order chi connectivity index (χ1) is 10.9. The lowest BCUT2D eigenvalue weighted by atomic mass is 10.2. The number of hydrogen-bond donors (Lipinski definition) is 2. The number of nitrogens with zero attached hydrogens (tertiary/aromatic N) is 1. The van der Waals surface area contributed by atoms with Gasteiger partial charge in [-0.15, -0.1) is 0 Å². The molecule has 0 amide bonds. The average Bonchev–Trinajstić information content (AvgIpc) is 2.89. The highest BCUT2D eigenvalue weighted by Gasteiger charge is 2.30. The van der Waals surface area contributed by atoms with Crippen LogP contribution < -0.4 is 5.43 Å². The van der Waals surface area contributed by atoms with Gasteiger partial charge in [0.05, 0.1) is 17.5 Å². The summed E-state index contributed by atoms with van der Waals surface area (Å²) in [6.07, 6.45) is -1.02. The second-order valence-corrected chi connectivity index (χ2v) is 5.80. The molecular weight excluding hydrogens is 371 g/mol. The maximum atomic E-state index is 12.7. The molecule has 0 aliphatic carbocycles. The number of H-pyrrole nitrogens is 1. The van der Waals surface area contributed by atoms with Crippen LogP contribution in [0.5, 0.6) is 0 Å². The van der Waals surface area contributed by atoms with Crippen LogP contribution in [0.3, 0.4) is 0 Å². The van der Waals surface area contributed by atoms with Crippen LogP contribution in [-0.4, -0.2) is 11.2 Å². The lowest BCUT2D eigenvalue weighted by Crippen LogP contribution is -2.05. The first-order valence-corrected chi connectivity index (χ1v) is 7.46. The molecular formula is C16H11BrF3N3. The zero-order valence-corrected chi connectivity index (χ0v) is 13.2. The largest absolute Gasteiger partial charge is 0.416 e. The summed E-state index contributed by atoms with van der Waals surface area (Å²) in [6, 6.07) is 10.7. The van der Waals surface area contributed by atoms with E-state index in [2.05, 4.69) is 31.4 Å². The molecule has 0 spiro atoms. The van der Waals surface area contributed by atoms with Crippen LogP contribution in [0, 0.1) is 0 Å². The van der Waals surface area contributed by atoms with Gasteiger partial charge in [-0.25, -0.2) is 0 Å². The average molecular weight is 382 g/mol. The van der Waals surface area contributed by atoms with Gasteiger partial charge in [0, 0.05) is 27.1 Å². The van der Waals surface area contributed by atoms with E-state index in [-0.39, 0.29) is 5.69 Å². The van der Waals surface area contributed by atoms with Crippen molar-refractivity contribution in [2.45, 2.75) is 6.18 Å². The molecule has 0 unspecified atom stereocenters. The van der Waals surface area contributed by atoms with Crippen molar-refractivity contribution in [1.29, 1.82) is 0 Å². The van der Waals surface area contributed by atoms with E-state index in [1.54, 1.807) is 12.4 Å². The minimum atomic E-state index is -4.37. The summed E-state index contributed by atoms with van der Waals surface area (Å²) in [4.78, 5) is 3.10.